The Labute approximate surface area is 93.2 Å². The predicted octanol–water partition coefficient (Wildman–Crippen LogP) is 1.24. The molecule has 2 fully saturated rings. The van der Waals surface area contributed by atoms with Gasteiger partial charge in [-0.3, -0.25) is 0 Å². The van der Waals surface area contributed by atoms with Gasteiger partial charge in [0.15, 0.2) is 0 Å². The van der Waals surface area contributed by atoms with E-state index in [0.29, 0.717) is 11.6 Å². The molecule has 0 bridgehead atoms. The quantitative estimate of drug-likeness (QED) is 0.759. The first-order valence-electron chi connectivity index (χ1n) is 6.21. The van der Waals surface area contributed by atoms with E-state index >= 15 is 0 Å². The van der Waals surface area contributed by atoms with Gasteiger partial charge in [-0.25, -0.2) is 0 Å². The molecule has 1 aliphatic carbocycles. The Morgan fingerprint density at radius 3 is 2.60 bits per heavy atom. The molecule has 1 saturated heterocycles. The van der Waals surface area contributed by atoms with E-state index in [1.807, 2.05) is 0 Å². The van der Waals surface area contributed by atoms with Crippen molar-refractivity contribution in [2.75, 3.05) is 33.9 Å². The second kappa shape index (κ2) is 4.81. The number of nitrogens with zero attached hydrogens (tertiary/aromatic N) is 1. The second-order valence-corrected chi connectivity index (χ2v) is 5.27. The minimum Gasteiger partial charge on any atom is -0.380 e. The van der Waals surface area contributed by atoms with Crippen LogP contribution in [0, 0.1) is 0 Å². The van der Waals surface area contributed by atoms with Crippen molar-refractivity contribution < 1.29 is 4.74 Å². The van der Waals surface area contributed by atoms with Gasteiger partial charge in [-0.05, 0) is 33.4 Å². The third-order valence-corrected chi connectivity index (χ3v) is 4.13. The molecular formula is C12H24N2O. The van der Waals surface area contributed by atoms with Gasteiger partial charge in [0.1, 0.15) is 0 Å². The van der Waals surface area contributed by atoms with E-state index in [2.05, 4.69) is 24.3 Å². The molecule has 1 aliphatic heterocycles. The van der Waals surface area contributed by atoms with Crippen LogP contribution in [0.3, 0.4) is 0 Å². The first-order chi connectivity index (χ1) is 7.23. The summed E-state index contributed by atoms with van der Waals surface area (Å²) in [7, 11) is 4.44. The Kier molecular flexibility index (Phi) is 3.65. The van der Waals surface area contributed by atoms with E-state index in [0.717, 1.165) is 19.8 Å². The average molecular weight is 212 g/mol. The molecule has 0 aromatic carbocycles. The molecule has 1 N–H and O–H groups in total. The zero-order chi connectivity index (χ0) is 10.7. The van der Waals surface area contributed by atoms with Crippen LogP contribution in [0.4, 0.5) is 0 Å². The van der Waals surface area contributed by atoms with E-state index in [1.54, 1.807) is 0 Å². The lowest BCUT2D eigenvalue weighted by Gasteiger charge is -2.37. The van der Waals surface area contributed by atoms with Crippen LogP contribution < -0.4 is 5.32 Å². The monoisotopic (exact) mass is 212 g/mol. The van der Waals surface area contributed by atoms with Gasteiger partial charge in [0, 0.05) is 24.7 Å². The molecule has 3 nitrogen and oxygen atoms in total. The summed E-state index contributed by atoms with van der Waals surface area (Å²) in [6.45, 7) is 2.98. The molecule has 0 aromatic heterocycles. The van der Waals surface area contributed by atoms with Crippen molar-refractivity contribution in [3.8, 4) is 0 Å². The van der Waals surface area contributed by atoms with Gasteiger partial charge in [0.25, 0.3) is 0 Å². The third-order valence-electron chi connectivity index (χ3n) is 4.13. The Morgan fingerprint density at radius 2 is 2.07 bits per heavy atom. The van der Waals surface area contributed by atoms with Crippen molar-refractivity contribution in [1.29, 1.82) is 0 Å². The zero-order valence-electron chi connectivity index (χ0n) is 10.1. The van der Waals surface area contributed by atoms with Crippen LogP contribution in [0.15, 0.2) is 0 Å². The van der Waals surface area contributed by atoms with E-state index in [-0.39, 0.29) is 0 Å². The number of hydrogen-bond acceptors (Lipinski definition) is 3. The van der Waals surface area contributed by atoms with E-state index < -0.39 is 0 Å². The van der Waals surface area contributed by atoms with Gasteiger partial charge in [0.05, 0.1) is 6.61 Å². The summed E-state index contributed by atoms with van der Waals surface area (Å²) < 4.78 is 5.39. The Balaban J connectivity index is 1.83. The van der Waals surface area contributed by atoms with Gasteiger partial charge < -0.3 is 15.0 Å². The first-order valence-corrected chi connectivity index (χ1v) is 6.21. The summed E-state index contributed by atoms with van der Waals surface area (Å²) in [5.74, 6) is 0. The molecule has 2 rings (SSSR count). The fourth-order valence-electron chi connectivity index (χ4n) is 2.85. The molecule has 3 heteroatoms. The number of nitrogens with one attached hydrogen (secondary N) is 1. The molecule has 2 aliphatic rings. The molecule has 1 unspecified atom stereocenters. The summed E-state index contributed by atoms with van der Waals surface area (Å²) in [6.07, 6.45) is 6.66. The highest BCUT2D eigenvalue weighted by Crippen LogP contribution is 2.33. The maximum absolute atomic E-state index is 5.39. The zero-order valence-corrected chi connectivity index (χ0v) is 10.1. The second-order valence-electron chi connectivity index (χ2n) is 5.27. The van der Waals surface area contributed by atoms with Crippen LogP contribution in [0.1, 0.15) is 32.1 Å². The van der Waals surface area contributed by atoms with Crippen LogP contribution in [-0.2, 0) is 4.74 Å². The van der Waals surface area contributed by atoms with Crippen LogP contribution >= 0.6 is 0 Å². The molecule has 15 heavy (non-hydrogen) atoms. The lowest BCUT2D eigenvalue weighted by atomic mass is 9.95. The normalized spacial score (nSPS) is 30.2. The van der Waals surface area contributed by atoms with Gasteiger partial charge in [-0.15, -0.1) is 0 Å². The lowest BCUT2D eigenvalue weighted by molar-refractivity contribution is 0.143. The molecule has 1 saturated carbocycles. The number of likely N-dealkylation sites (N-methyl/N-ethyl adjacent to an activating group) is 1. The maximum atomic E-state index is 5.39. The summed E-state index contributed by atoms with van der Waals surface area (Å²) in [6, 6.07) is 0.599. The standard InChI is InChI=1S/C12H24N2O/c1-14(2)12(6-3-4-7-12)10-13-11-5-8-15-9-11/h11,13H,3-10H2,1-2H3. The predicted molar refractivity (Wildman–Crippen MR) is 62.1 cm³/mol. The summed E-state index contributed by atoms with van der Waals surface area (Å²) in [5.41, 5.74) is 0.419. The average Bonchev–Trinajstić information content (AvgIpc) is 2.87. The van der Waals surface area contributed by atoms with Crippen LogP contribution in [0.2, 0.25) is 0 Å². The van der Waals surface area contributed by atoms with Gasteiger partial charge in [-0.1, -0.05) is 12.8 Å². The van der Waals surface area contributed by atoms with E-state index in [9.17, 15) is 0 Å². The molecule has 0 amide bonds. The summed E-state index contributed by atoms with van der Waals surface area (Å²) in [4.78, 5) is 2.42. The third kappa shape index (κ3) is 2.52. The molecule has 88 valence electrons. The topological polar surface area (TPSA) is 24.5 Å². The summed E-state index contributed by atoms with van der Waals surface area (Å²) >= 11 is 0. The highest BCUT2D eigenvalue weighted by atomic mass is 16.5. The fraction of sp³-hybridized carbons (Fsp3) is 1.00. The smallest absolute Gasteiger partial charge is 0.0620 e. The number of ether oxygens (including phenoxy) is 1. The van der Waals surface area contributed by atoms with Crippen molar-refractivity contribution in [2.24, 2.45) is 0 Å². The molecule has 1 heterocycles. The largest absolute Gasteiger partial charge is 0.380 e. The van der Waals surface area contributed by atoms with Crippen LogP contribution in [0.5, 0.6) is 0 Å². The molecule has 0 spiro atoms. The van der Waals surface area contributed by atoms with Gasteiger partial charge in [-0.2, -0.15) is 0 Å². The van der Waals surface area contributed by atoms with E-state index in [1.165, 1.54) is 32.1 Å². The van der Waals surface area contributed by atoms with E-state index in [4.69, 9.17) is 4.74 Å². The van der Waals surface area contributed by atoms with Crippen molar-refractivity contribution in [2.45, 2.75) is 43.7 Å². The summed E-state index contributed by atoms with van der Waals surface area (Å²) in [5, 5.41) is 3.68. The maximum Gasteiger partial charge on any atom is 0.0620 e. The van der Waals surface area contributed by atoms with Gasteiger partial charge in [0.2, 0.25) is 0 Å². The minimum atomic E-state index is 0.419. The molecular weight excluding hydrogens is 188 g/mol. The van der Waals surface area contributed by atoms with Crippen molar-refractivity contribution in [3.05, 3.63) is 0 Å². The number of hydrogen-bond donors (Lipinski definition) is 1. The highest BCUT2D eigenvalue weighted by molar-refractivity contribution is 4.95. The molecule has 0 aromatic rings. The Bertz CT molecular complexity index is 194. The first kappa shape index (κ1) is 11.4. The van der Waals surface area contributed by atoms with Crippen molar-refractivity contribution in [3.63, 3.8) is 0 Å². The fourth-order valence-corrected chi connectivity index (χ4v) is 2.85. The van der Waals surface area contributed by atoms with Crippen LogP contribution in [0.25, 0.3) is 0 Å². The molecule has 0 radical (unpaired) electrons. The van der Waals surface area contributed by atoms with Crippen molar-refractivity contribution >= 4 is 0 Å². The minimum absolute atomic E-state index is 0.419. The SMILES string of the molecule is CN(C)C1(CNC2CCOC2)CCCC1. The van der Waals surface area contributed by atoms with Crippen molar-refractivity contribution in [1.82, 2.24) is 10.2 Å². The Morgan fingerprint density at radius 1 is 1.33 bits per heavy atom. The Hall–Kier alpha value is -0.120. The van der Waals surface area contributed by atoms with Gasteiger partial charge >= 0.3 is 0 Å². The number of rotatable bonds is 4. The highest BCUT2D eigenvalue weighted by Gasteiger charge is 2.36. The van der Waals surface area contributed by atoms with Crippen LogP contribution in [-0.4, -0.2) is 50.3 Å². The molecule has 1 atom stereocenters. The lowest BCUT2D eigenvalue weighted by Crippen LogP contribution is -2.51.